The summed E-state index contributed by atoms with van der Waals surface area (Å²) in [5.74, 6) is -0.470. The maximum absolute atomic E-state index is 13.1. The van der Waals surface area contributed by atoms with Crippen LogP contribution >= 0.6 is 11.6 Å². The summed E-state index contributed by atoms with van der Waals surface area (Å²) >= 11 is 5.91. The van der Waals surface area contributed by atoms with Crippen LogP contribution in [0.1, 0.15) is 16.1 Å². The lowest BCUT2D eigenvalue weighted by Gasteiger charge is -2.34. The maximum atomic E-state index is 13.1. The van der Waals surface area contributed by atoms with E-state index in [1.54, 1.807) is 29.2 Å². The summed E-state index contributed by atoms with van der Waals surface area (Å²) in [6, 6.07) is 16.6. The Morgan fingerprint density at radius 3 is 2.26 bits per heavy atom. The van der Waals surface area contributed by atoms with E-state index in [9.17, 15) is 14.4 Å². The van der Waals surface area contributed by atoms with Crippen LogP contribution in [0.25, 0.3) is 5.69 Å². The SMILES string of the molecule is Cn1c(=O)c(C(=O)N2CCN(Cc3ccccc3)CC2)nn(-c2ccc(Cl)cc2)c1=O. The molecule has 0 radical (unpaired) electrons. The van der Waals surface area contributed by atoms with Gasteiger partial charge < -0.3 is 4.90 Å². The number of carbonyl (C=O) groups excluding carboxylic acids is 1. The van der Waals surface area contributed by atoms with Gasteiger partial charge in [-0.15, -0.1) is 0 Å². The number of aromatic nitrogens is 3. The second-order valence-electron chi connectivity index (χ2n) is 7.44. The van der Waals surface area contributed by atoms with Crippen LogP contribution in [0.2, 0.25) is 5.02 Å². The van der Waals surface area contributed by atoms with Gasteiger partial charge in [-0.1, -0.05) is 41.9 Å². The average molecular weight is 440 g/mol. The van der Waals surface area contributed by atoms with E-state index in [1.165, 1.54) is 12.6 Å². The van der Waals surface area contributed by atoms with Crippen molar-refractivity contribution in [3.8, 4) is 5.69 Å². The number of benzene rings is 2. The zero-order chi connectivity index (χ0) is 22.0. The van der Waals surface area contributed by atoms with Gasteiger partial charge in [0.05, 0.1) is 5.69 Å². The van der Waals surface area contributed by atoms with Crippen molar-refractivity contribution in [1.82, 2.24) is 24.1 Å². The molecule has 1 saturated heterocycles. The van der Waals surface area contributed by atoms with Crippen LogP contribution in [-0.4, -0.2) is 56.2 Å². The maximum Gasteiger partial charge on any atom is 0.351 e. The van der Waals surface area contributed by atoms with Crippen molar-refractivity contribution >= 4 is 17.5 Å². The van der Waals surface area contributed by atoms with Gasteiger partial charge in [-0.2, -0.15) is 9.78 Å². The van der Waals surface area contributed by atoms with Crippen molar-refractivity contribution in [2.24, 2.45) is 7.05 Å². The van der Waals surface area contributed by atoms with E-state index in [0.717, 1.165) is 15.8 Å². The predicted molar refractivity (Wildman–Crippen MR) is 118 cm³/mol. The number of nitrogens with zero attached hydrogens (tertiary/aromatic N) is 5. The molecule has 0 unspecified atom stereocenters. The largest absolute Gasteiger partial charge is 0.351 e. The molecule has 0 atom stereocenters. The standard InChI is InChI=1S/C22H22ClN5O3/c1-25-20(29)19(24-28(22(25)31)18-9-7-17(23)8-10-18)21(30)27-13-11-26(12-14-27)15-16-5-3-2-4-6-16/h2-10H,11-15H2,1H3. The van der Waals surface area contributed by atoms with Crippen LogP contribution < -0.4 is 11.2 Å². The van der Waals surface area contributed by atoms with Gasteiger partial charge in [0.15, 0.2) is 0 Å². The number of rotatable bonds is 4. The van der Waals surface area contributed by atoms with Gasteiger partial charge in [-0.3, -0.25) is 19.1 Å². The highest BCUT2D eigenvalue weighted by atomic mass is 35.5. The van der Waals surface area contributed by atoms with Crippen molar-refractivity contribution in [3.05, 3.63) is 91.7 Å². The van der Waals surface area contributed by atoms with Crippen LogP contribution in [0.15, 0.2) is 64.2 Å². The Morgan fingerprint density at radius 2 is 1.61 bits per heavy atom. The van der Waals surface area contributed by atoms with Crippen LogP contribution in [0, 0.1) is 0 Å². The van der Waals surface area contributed by atoms with Crippen LogP contribution in [0.3, 0.4) is 0 Å². The summed E-state index contributed by atoms with van der Waals surface area (Å²) in [5.41, 5.74) is 0.0385. The Morgan fingerprint density at radius 1 is 0.968 bits per heavy atom. The van der Waals surface area contributed by atoms with Crippen molar-refractivity contribution in [1.29, 1.82) is 0 Å². The molecule has 0 aliphatic carbocycles. The van der Waals surface area contributed by atoms with Crippen molar-refractivity contribution < 1.29 is 4.79 Å². The summed E-state index contributed by atoms with van der Waals surface area (Å²) in [7, 11) is 1.34. The predicted octanol–water partition coefficient (Wildman–Crippen LogP) is 1.54. The molecule has 2 heterocycles. The number of halogens is 1. The molecule has 1 aromatic heterocycles. The van der Waals surface area contributed by atoms with Gasteiger partial charge in [0, 0.05) is 44.8 Å². The lowest BCUT2D eigenvalue weighted by Crippen LogP contribution is -2.51. The number of piperazine rings is 1. The van der Waals surface area contributed by atoms with E-state index >= 15 is 0 Å². The molecule has 0 bridgehead atoms. The number of hydrogen-bond acceptors (Lipinski definition) is 5. The zero-order valence-corrected chi connectivity index (χ0v) is 17.8. The van der Waals surface area contributed by atoms with Gasteiger partial charge in [-0.25, -0.2) is 4.79 Å². The molecule has 4 rings (SSSR count). The monoisotopic (exact) mass is 439 g/mol. The molecule has 9 heteroatoms. The Kier molecular flexibility index (Phi) is 6.01. The average Bonchev–Trinajstić information content (AvgIpc) is 2.79. The van der Waals surface area contributed by atoms with Gasteiger partial charge in [0.25, 0.3) is 11.5 Å². The minimum Gasteiger partial charge on any atom is -0.335 e. The zero-order valence-electron chi connectivity index (χ0n) is 17.1. The Balaban J connectivity index is 1.54. The van der Waals surface area contributed by atoms with Gasteiger partial charge in [0.1, 0.15) is 0 Å². The third-order valence-electron chi connectivity index (χ3n) is 5.36. The van der Waals surface area contributed by atoms with E-state index in [2.05, 4.69) is 22.1 Å². The molecule has 1 amide bonds. The molecule has 8 nitrogen and oxygen atoms in total. The molecule has 2 aromatic carbocycles. The Bertz CT molecular complexity index is 1200. The first-order chi connectivity index (χ1) is 14.9. The minimum absolute atomic E-state index is 0.270. The molecule has 1 aliphatic rings. The number of hydrogen-bond donors (Lipinski definition) is 0. The lowest BCUT2D eigenvalue weighted by atomic mass is 10.2. The topological polar surface area (TPSA) is 80.4 Å². The van der Waals surface area contributed by atoms with Gasteiger partial charge in [0.2, 0.25) is 5.69 Å². The molecule has 0 saturated carbocycles. The summed E-state index contributed by atoms with van der Waals surface area (Å²) in [5, 5.41) is 4.62. The first-order valence-electron chi connectivity index (χ1n) is 9.96. The molecule has 0 spiro atoms. The summed E-state index contributed by atoms with van der Waals surface area (Å²) in [6.45, 7) is 3.16. The highest BCUT2D eigenvalue weighted by molar-refractivity contribution is 6.30. The highest BCUT2D eigenvalue weighted by Crippen LogP contribution is 2.12. The lowest BCUT2D eigenvalue weighted by molar-refractivity contribution is 0.0617. The van der Waals surface area contributed by atoms with Crippen LogP contribution in [0.4, 0.5) is 0 Å². The van der Waals surface area contributed by atoms with E-state index in [-0.39, 0.29) is 5.69 Å². The van der Waals surface area contributed by atoms with E-state index in [0.29, 0.717) is 36.9 Å². The normalized spacial score (nSPS) is 14.6. The quantitative estimate of drug-likeness (QED) is 0.616. The minimum atomic E-state index is -0.702. The molecule has 0 N–H and O–H groups in total. The first kappa shape index (κ1) is 21.0. The van der Waals surface area contributed by atoms with E-state index in [4.69, 9.17) is 11.6 Å². The first-order valence-corrected chi connectivity index (χ1v) is 10.3. The van der Waals surface area contributed by atoms with Crippen molar-refractivity contribution in [2.45, 2.75) is 6.54 Å². The summed E-state index contributed by atoms with van der Waals surface area (Å²) in [6.07, 6.45) is 0. The van der Waals surface area contributed by atoms with E-state index < -0.39 is 17.2 Å². The second kappa shape index (κ2) is 8.87. The highest BCUT2D eigenvalue weighted by Gasteiger charge is 2.27. The smallest absolute Gasteiger partial charge is 0.335 e. The second-order valence-corrected chi connectivity index (χ2v) is 7.87. The third-order valence-corrected chi connectivity index (χ3v) is 5.61. The van der Waals surface area contributed by atoms with Gasteiger partial charge in [-0.05, 0) is 29.8 Å². The van der Waals surface area contributed by atoms with Crippen LogP contribution in [-0.2, 0) is 13.6 Å². The molecule has 31 heavy (non-hydrogen) atoms. The molecule has 1 aliphatic heterocycles. The van der Waals surface area contributed by atoms with Crippen molar-refractivity contribution in [3.63, 3.8) is 0 Å². The fourth-order valence-corrected chi connectivity index (χ4v) is 3.68. The molecular weight excluding hydrogens is 418 g/mol. The molecule has 1 fully saturated rings. The Hall–Kier alpha value is -3.23. The third kappa shape index (κ3) is 4.45. The number of carbonyl (C=O) groups is 1. The Labute approximate surface area is 183 Å². The molecular formula is C22H22ClN5O3. The summed E-state index contributed by atoms with van der Waals surface area (Å²) in [4.78, 5) is 42.1. The fraction of sp³-hybridized carbons (Fsp3) is 0.273. The summed E-state index contributed by atoms with van der Waals surface area (Å²) < 4.78 is 1.96. The van der Waals surface area contributed by atoms with Crippen molar-refractivity contribution in [2.75, 3.05) is 26.2 Å². The molecule has 160 valence electrons. The fourth-order valence-electron chi connectivity index (χ4n) is 3.56. The van der Waals surface area contributed by atoms with Gasteiger partial charge >= 0.3 is 5.69 Å². The van der Waals surface area contributed by atoms with Crippen LogP contribution in [0.5, 0.6) is 0 Å². The number of amides is 1. The molecule has 3 aromatic rings. The van der Waals surface area contributed by atoms with E-state index in [1.807, 2.05) is 18.2 Å².